The highest BCUT2D eigenvalue weighted by Gasteiger charge is 2.15. The van der Waals surface area contributed by atoms with Gasteiger partial charge in [-0.05, 0) is 31.0 Å². The molecule has 0 saturated carbocycles. The van der Waals surface area contributed by atoms with Crippen molar-refractivity contribution in [1.82, 2.24) is 4.98 Å². The maximum absolute atomic E-state index is 5.69. The third kappa shape index (κ3) is 4.16. The Morgan fingerprint density at radius 3 is 3.10 bits per heavy atom. The van der Waals surface area contributed by atoms with Crippen molar-refractivity contribution in [1.29, 1.82) is 0 Å². The number of nitrogens with one attached hydrogen (secondary N) is 1. The molecule has 112 valence electrons. The first-order chi connectivity index (χ1) is 10.4. The molecule has 1 N–H and O–H groups in total. The van der Waals surface area contributed by atoms with E-state index in [9.17, 15) is 0 Å². The molecule has 0 bridgehead atoms. The van der Waals surface area contributed by atoms with Crippen molar-refractivity contribution in [3.63, 3.8) is 0 Å². The van der Waals surface area contributed by atoms with E-state index in [1.54, 1.807) is 0 Å². The first-order valence-electron chi connectivity index (χ1n) is 7.67. The van der Waals surface area contributed by atoms with Gasteiger partial charge >= 0.3 is 0 Å². The molecule has 1 fully saturated rings. The third-order valence-electron chi connectivity index (χ3n) is 3.75. The van der Waals surface area contributed by atoms with Crippen molar-refractivity contribution in [2.75, 3.05) is 38.3 Å². The van der Waals surface area contributed by atoms with Gasteiger partial charge in [-0.3, -0.25) is 0 Å². The molecule has 1 aliphatic heterocycles. The summed E-state index contributed by atoms with van der Waals surface area (Å²) in [6.07, 6.45) is 2.13. The summed E-state index contributed by atoms with van der Waals surface area (Å²) in [7, 11) is 0. The molecular formula is C17H22N2O2. The van der Waals surface area contributed by atoms with Gasteiger partial charge in [0.25, 0.3) is 0 Å². The number of aromatic nitrogens is 1. The fourth-order valence-electron chi connectivity index (χ4n) is 2.52. The number of ether oxygens (including phenoxy) is 2. The number of hydrogen-bond acceptors (Lipinski definition) is 4. The third-order valence-corrected chi connectivity index (χ3v) is 3.75. The molecule has 0 radical (unpaired) electrons. The van der Waals surface area contributed by atoms with Crippen LogP contribution in [0.1, 0.15) is 12.8 Å². The minimum atomic E-state index is 0.597. The van der Waals surface area contributed by atoms with E-state index in [0.717, 1.165) is 57.1 Å². The van der Waals surface area contributed by atoms with E-state index >= 15 is 0 Å². The number of benzene rings is 1. The molecule has 1 saturated heterocycles. The molecule has 21 heavy (non-hydrogen) atoms. The predicted octanol–water partition coefficient (Wildman–Crippen LogP) is 3.09. The van der Waals surface area contributed by atoms with E-state index in [2.05, 4.69) is 22.4 Å². The van der Waals surface area contributed by atoms with E-state index in [1.165, 1.54) is 5.39 Å². The second kappa shape index (κ2) is 7.38. The Labute approximate surface area is 125 Å². The molecule has 0 spiro atoms. The van der Waals surface area contributed by atoms with Crippen LogP contribution in [0, 0.1) is 5.92 Å². The summed E-state index contributed by atoms with van der Waals surface area (Å²) in [5.74, 6) is 1.53. The Hall–Kier alpha value is -1.65. The smallest absolute Gasteiger partial charge is 0.126 e. The molecule has 4 nitrogen and oxygen atoms in total. The van der Waals surface area contributed by atoms with Gasteiger partial charge in [0.15, 0.2) is 0 Å². The Morgan fingerprint density at radius 2 is 2.19 bits per heavy atom. The number of nitrogens with zero attached hydrogens (tertiary/aromatic N) is 1. The van der Waals surface area contributed by atoms with Crippen LogP contribution in [-0.4, -0.2) is 38.0 Å². The van der Waals surface area contributed by atoms with E-state index in [4.69, 9.17) is 9.47 Å². The Morgan fingerprint density at radius 1 is 1.24 bits per heavy atom. The summed E-state index contributed by atoms with van der Waals surface area (Å²) >= 11 is 0. The van der Waals surface area contributed by atoms with Crippen LogP contribution in [0.15, 0.2) is 36.4 Å². The average Bonchev–Trinajstić information content (AvgIpc) is 3.04. The van der Waals surface area contributed by atoms with Crippen molar-refractivity contribution in [3.05, 3.63) is 36.4 Å². The van der Waals surface area contributed by atoms with Gasteiger partial charge in [-0.15, -0.1) is 0 Å². The van der Waals surface area contributed by atoms with Crippen LogP contribution in [0.4, 0.5) is 5.82 Å². The number of rotatable bonds is 7. The predicted molar refractivity (Wildman–Crippen MR) is 84.6 cm³/mol. The zero-order valence-electron chi connectivity index (χ0n) is 12.3. The van der Waals surface area contributed by atoms with Crippen LogP contribution >= 0.6 is 0 Å². The maximum atomic E-state index is 5.69. The lowest BCUT2D eigenvalue weighted by atomic mass is 10.1. The van der Waals surface area contributed by atoms with Crippen LogP contribution in [0.3, 0.4) is 0 Å². The van der Waals surface area contributed by atoms with Gasteiger partial charge in [0.1, 0.15) is 5.82 Å². The molecule has 4 heteroatoms. The summed E-state index contributed by atoms with van der Waals surface area (Å²) in [4.78, 5) is 4.59. The van der Waals surface area contributed by atoms with Crippen molar-refractivity contribution >= 4 is 16.7 Å². The van der Waals surface area contributed by atoms with E-state index in [-0.39, 0.29) is 0 Å². The van der Waals surface area contributed by atoms with E-state index < -0.39 is 0 Å². The molecule has 1 aliphatic rings. The first-order valence-corrected chi connectivity index (χ1v) is 7.67. The SMILES string of the molecule is c1ccc2nc(NCCCOCC3CCOC3)ccc2c1. The minimum absolute atomic E-state index is 0.597. The molecule has 2 heterocycles. The summed E-state index contributed by atoms with van der Waals surface area (Å²) in [6.45, 7) is 4.25. The van der Waals surface area contributed by atoms with Gasteiger partial charge < -0.3 is 14.8 Å². The normalized spacial score (nSPS) is 18.2. The topological polar surface area (TPSA) is 43.4 Å². The van der Waals surface area contributed by atoms with Crippen LogP contribution in [0.25, 0.3) is 10.9 Å². The maximum Gasteiger partial charge on any atom is 0.126 e. The molecule has 1 aromatic heterocycles. The monoisotopic (exact) mass is 286 g/mol. The molecule has 1 atom stereocenters. The summed E-state index contributed by atoms with van der Waals surface area (Å²) in [5, 5.41) is 4.52. The van der Waals surface area contributed by atoms with E-state index in [0.29, 0.717) is 5.92 Å². The molecule has 0 aliphatic carbocycles. The molecule has 1 unspecified atom stereocenters. The summed E-state index contributed by atoms with van der Waals surface area (Å²) < 4.78 is 11.0. The number of pyridine rings is 1. The van der Waals surface area contributed by atoms with Crippen LogP contribution in [-0.2, 0) is 9.47 Å². The van der Waals surface area contributed by atoms with Gasteiger partial charge in [0, 0.05) is 31.1 Å². The van der Waals surface area contributed by atoms with Gasteiger partial charge in [-0.25, -0.2) is 4.98 Å². The highest BCUT2D eigenvalue weighted by atomic mass is 16.5. The number of hydrogen-bond donors (Lipinski definition) is 1. The standard InChI is InChI=1S/C17H22N2O2/c1-2-5-16-15(4-1)6-7-17(19-16)18-9-3-10-20-12-14-8-11-21-13-14/h1-2,4-7,14H,3,8-13H2,(H,18,19). The van der Waals surface area contributed by atoms with Gasteiger partial charge in [-0.1, -0.05) is 18.2 Å². The van der Waals surface area contributed by atoms with Crippen molar-refractivity contribution in [3.8, 4) is 0 Å². The lowest BCUT2D eigenvalue weighted by Crippen LogP contribution is -2.12. The quantitative estimate of drug-likeness (QED) is 0.794. The molecule has 0 amide bonds. The summed E-state index contributed by atoms with van der Waals surface area (Å²) in [5.41, 5.74) is 1.03. The molecule has 1 aromatic carbocycles. The van der Waals surface area contributed by atoms with Crippen LogP contribution in [0.2, 0.25) is 0 Å². The first kappa shape index (κ1) is 14.3. The Balaban J connectivity index is 1.36. The molecule has 3 rings (SSSR count). The number of para-hydroxylation sites is 1. The minimum Gasteiger partial charge on any atom is -0.381 e. The Kier molecular flexibility index (Phi) is 5.03. The fourth-order valence-corrected chi connectivity index (χ4v) is 2.52. The van der Waals surface area contributed by atoms with Crippen molar-refractivity contribution in [2.45, 2.75) is 12.8 Å². The highest BCUT2D eigenvalue weighted by molar-refractivity contribution is 5.79. The second-order valence-corrected chi connectivity index (χ2v) is 5.47. The number of fused-ring (bicyclic) bond motifs is 1. The molecule has 2 aromatic rings. The van der Waals surface area contributed by atoms with Crippen LogP contribution in [0.5, 0.6) is 0 Å². The van der Waals surface area contributed by atoms with Crippen LogP contribution < -0.4 is 5.32 Å². The van der Waals surface area contributed by atoms with Gasteiger partial charge in [0.05, 0.1) is 18.7 Å². The van der Waals surface area contributed by atoms with Crippen molar-refractivity contribution < 1.29 is 9.47 Å². The summed E-state index contributed by atoms with van der Waals surface area (Å²) in [6, 6.07) is 12.3. The van der Waals surface area contributed by atoms with E-state index in [1.807, 2.05) is 24.3 Å². The zero-order valence-corrected chi connectivity index (χ0v) is 12.3. The average molecular weight is 286 g/mol. The zero-order chi connectivity index (χ0) is 14.3. The lowest BCUT2D eigenvalue weighted by Gasteiger charge is -2.09. The van der Waals surface area contributed by atoms with Crippen molar-refractivity contribution in [2.24, 2.45) is 5.92 Å². The Bertz CT molecular complexity index is 567. The number of anilines is 1. The molecular weight excluding hydrogens is 264 g/mol. The fraction of sp³-hybridized carbons (Fsp3) is 0.471. The largest absolute Gasteiger partial charge is 0.381 e. The van der Waals surface area contributed by atoms with Gasteiger partial charge in [-0.2, -0.15) is 0 Å². The highest BCUT2D eigenvalue weighted by Crippen LogP contribution is 2.14. The lowest BCUT2D eigenvalue weighted by molar-refractivity contribution is 0.0897. The second-order valence-electron chi connectivity index (χ2n) is 5.47. The van der Waals surface area contributed by atoms with Gasteiger partial charge in [0.2, 0.25) is 0 Å².